The quantitative estimate of drug-likeness (QED) is 0.664. The fourth-order valence-electron chi connectivity index (χ4n) is 2.67. The summed E-state index contributed by atoms with van der Waals surface area (Å²) in [4.78, 5) is 14.0. The SMILES string of the molecule is CC(C)CCC[C@@H](C)CCN1CCCCCC1=O. The van der Waals surface area contributed by atoms with E-state index in [1.54, 1.807) is 0 Å². The van der Waals surface area contributed by atoms with Crippen LogP contribution in [0.4, 0.5) is 0 Å². The van der Waals surface area contributed by atoms with Crippen molar-refractivity contribution in [2.24, 2.45) is 11.8 Å². The minimum atomic E-state index is 0.391. The van der Waals surface area contributed by atoms with Gasteiger partial charge in [0.25, 0.3) is 0 Å². The van der Waals surface area contributed by atoms with Gasteiger partial charge in [-0.3, -0.25) is 4.79 Å². The van der Waals surface area contributed by atoms with Gasteiger partial charge in [0.2, 0.25) is 5.91 Å². The van der Waals surface area contributed by atoms with Crippen molar-refractivity contribution < 1.29 is 4.79 Å². The molecule has 106 valence electrons. The number of nitrogens with zero attached hydrogens (tertiary/aromatic N) is 1. The normalized spacial score (nSPS) is 19.1. The van der Waals surface area contributed by atoms with Crippen LogP contribution in [0.3, 0.4) is 0 Å². The predicted molar refractivity (Wildman–Crippen MR) is 77.5 cm³/mol. The highest BCUT2D eigenvalue weighted by molar-refractivity contribution is 5.76. The third-order valence-corrected chi connectivity index (χ3v) is 4.04. The minimum Gasteiger partial charge on any atom is -0.343 e. The zero-order valence-electron chi connectivity index (χ0n) is 12.6. The zero-order valence-corrected chi connectivity index (χ0v) is 12.6. The first kappa shape index (κ1) is 15.5. The standard InChI is InChI=1S/C16H31NO/c1-14(2)8-7-9-15(3)11-13-17-12-6-4-5-10-16(17)18/h14-15H,4-13H2,1-3H3/t15-/m1/s1. The molecular formula is C16H31NO. The van der Waals surface area contributed by atoms with Crippen LogP contribution in [0.15, 0.2) is 0 Å². The van der Waals surface area contributed by atoms with Crippen LogP contribution in [0, 0.1) is 11.8 Å². The maximum Gasteiger partial charge on any atom is 0.222 e. The Morgan fingerprint density at radius 1 is 1.06 bits per heavy atom. The molecule has 1 aliphatic rings. The van der Waals surface area contributed by atoms with E-state index >= 15 is 0 Å². The number of amides is 1. The van der Waals surface area contributed by atoms with E-state index in [-0.39, 0.29) is 0 Å². The van der Waals surface area contributed by atoms with Gasteiger partial charge in [-0.05, 0) is 31.1 Å². The summed E-state index contributed by atoms with van der Waals surface area (Å²) in [5.74, 6) is 1.98. The topological polar surface area (TPSA) is 20.3 Å². The number of carbonyl (C=O) groups excluding carboxylic acids is 1. The highest BCUT2D eigenvalue weighted by Crippen LogP contribution is 2.17. The van der Waals surface area contributed by atoms with E-state index in [1.807, 2.05) is 0 Å². The van der Waals surface area contributed by atoms with Crippen LogP contribution in [0.25, 0.3) is 0 Å². The molecule has 0 N–H and O–H groups in total. The number of hydrogen-bond acceptors (Lipinski definition) is 1. The lowest BCUT2D eigenvalue weighted by Crippen LogP contribution is -2.32. The molecule has 0 aliphatic carbocycles. The summed E-state index contributed by atoms with van der Waals surface area (Å²) in [5.41, 5.74) is 0. The van der Waals surface area contributed by atoms with Crippen molar-refractivity contribution in [1.29, 1.82) is 0 Å². The second-order valence-corrected chi connectivity index (χ2v) is 6.41. The van der Waals surface area contributed by atoms with E-state index < -0.39 is 0 Å². The Morgan fingerprint density at radius 2 is 1.83 bits per heavy atom. The maximum atomic E-state index is 11.9. The molecule has 1 amide bonds. The van der Waals surface area contributed by atoms with E-state index in [9.17, 15) is 4.79 Å². The average molecular weight is 253 g/mol. The van der Waals surface area contributed by atoms with E-state index in [0.29, 0.717) is 5.91 Å². The molecule has 2 heteroatoms. The molecule has 1 heterocycles. The Labute approximate surface area is 113 Å². The number of carbonyl (C=O) groups is 1. The fraction of sp³-hybridized carbons (Fsp3) is 0.938. The predicted octanol–water partition coefficient (Wildman–Crippen LogP) is 4.24. The van der Waals surface area contributed by atoms with Crippen molar-refractivity contribution >= 4 is 5.91 Å². The van der Waals surface area contributed by atoms with Crippen LogP contribution in [0.1, 0.15) is 72.1 Å². The van der Waals surface area contributed by atoms with Crippen molar-refractivity contribution in [2.75, 3.05) is 13.1 Å². The molecule has 1 aliphatic heterocycles. The van der Waals surface area contributed by atoms with Crippen LogP contribution < -0.4 is 0 Å². The van der Waals surface area contributed by atoms with Gasteiger partial charge in [-0.25, -0.2) is 0 Å². The summed E-state index contributed by atoms with van der Waals surface area (Å²) in [7, 11) is 0. The number of hydrogen-bond donors (Lipinski definition) is 0. The van der Waals surface area contributed by atoms with Gasteiger partial charge < -0.3 is 4.90 Å². The Kier molecular flexibility index (Phi) is 7.38. The lowest BCUT2D eigenvalue weighted by Gasteiger charge is -2.22. The smallest absolute Gasteiger partial charge is 0.222 e. The molecule has 0 aromatic heterocycles. The molecule has 1 atom stereocenters. The third-order valence-electron chi connectivity index (χ3n) is 4.04. The highest BCUT2D eigenvalue weighted by atomic mass is 16.2. The van der Waals surface area contributed by atoms with Crippen LogP contribution in [0.2, 0.25) is 0 Å². The first-order chi connectivity index (χ1) is 8.59. The second kappa shape index (κ2) is 8.55. The second-order valence-electron chi connectivity index (χ2n) is 6.41. The summed E-state index contributed by atoms with van der Waals surface area (Å²) >= 11 is 0. The van der Waals surface area contributed by atoms with E-state index in [4.69, 9.17) is 0 Å². The monoisotopic (exact) mass is 253 g/mol. The lowest BCUT2D eigenvalue weighted by molar-refractivity contribution is -0.130. The molecule has 0 radical (unpaired) electrons. The van der Waals surface area contributed by atoms with Crippen LogP contribution in [-0.4, -0.2) is 23.9 Å². The molecular weight excluding hydrogens is 222 g/mol. The van der Waals surface area contributed by atoms with Crippen molar-refractivity contribution in [2.45, 2.75) is 72.1 Å². The largest absolute Gasteiger partial charge is 0.343 e. The van der Waals surface area contributed by atoms with Gasteiger partial charge in [0, 0.05) is 19.5 Å². The van der Waals surface area contributed by atoms with Crippen molar-refractivity contribution in [3.05, 3.63) is 0 Å². The molecule has 0 aromatic rings. The fourth-order valence-corrected chi connectivity index (χ4v) is 2.67. The molecule has 0 spiro atoms. The summed E-state index contributed by atoms with van der Waals surface area (Å²) in [6, 6.07) is 0. The third kappa shape index (κ3) is 6.42. The van der Waals surface area contributed by atoms with E-state index in [0.717, 1.165) is 37.8 Å². The van der Waals surface area contributed by atoms with Crippen LogP contribution >= 0.6 is 0 Å². The van der Waals surface area contributed by atoms with Crippen molar-refractivity contribution in [3.8, 4) is 0 Å². The Bertz CT molecular complexity index is 237. The molecule has 18 heavy (non-hydrogen) atoms. The number of likely N-dealkylation sites (tertiary alicyclic amines) is 1. The molecule has 0 unspecified atom stereocenters. The van der Waals surface area contributed by atoms with Crippen molar-refractivity contribution in [3.63, 3.8) is 0 Å². The minimum absolute atomic E-state index is 0.391. The first-order valence-electron chi connectivity index (χ1n) is 7.87. The summed E-state index contributed by atoms with van der Waals surface area (Å²) in [5, 5.41) is 0. The van der Waals surface area contributed by atoms with E-state index in [1.165, 1.54) is 38.5 Å². The Morgan fingerprint density at radius 3 is 2.56 bits per heavy atom. The highest BCUT2D eigenvalue weighted by Gasteiger charge is 2.16. The molecule has 0 saturated carbocycles. The summed E-state index contributed by atoms with van der Waals surface area (Å²) in [6.45, 7) is 8.91. The van der Waals surface area contributed by atoms with Gasteiger partial charge in [0.15, 0.2) is 0 Å². The number of rotatable bonds is 7. The van der Waals surface area contributed by atoms with Gasteiger partial charge in [0.1, 0.15) is 0 Å². The van der Waals surface area contributed by atoms with Gasteiger partial charge in [0.05, 0.1) is 0 Å². The average Bonchev–Trinajstić information content (AvgIpc) is 2.51. The Hall–Kier alpha value is -0.530. The first-order valence-corrected chi connectivity index (χ1v) is 7.87. The molecule has 1 rings (SSSR count). The van der Waals surface area contributed by atoms with Crippen molar-refractivity contribution in [1.82, 2.24) is 4.90 Å². The molecule has 2 nitrogen and oxygen atoms in total. The Balaban J connectivity index is 2.16. The van der Waals surface area contributed by atoms with Gasteiger partial charge in [-0.2, -0.15) is 0 Å². The molecule has 0 aromatic carbocycles. The summed E-state index contributed by atoms with van der Waals surface area (Å²) < 4.78 is 0. The van der Waals surface area contributed by atoms with E-state index in [2.05, 4.69) is 25.7 Å². The van der Waals surface area contributed by atoms with Gasteiger partial charge in [-0.1, -0.05) is 46.5 Å². The van der Waals surface area contributed by atoms with Crippen LogP contribution in [0.5, 0.6) is 0 Å². The van der Waals surface area contributed by atoms with Gasteiger partial charge in [-0.15, -0.1) is 0 Å². The summed E-state index contributed by atoms with van der Waals surface area (Å²) in [6.07, 6.45) is 9.49. The molecule has 1 saturated heterocycles. The molecule has 1 fully saturated rings. The lowest BCUT2D eigenvalue weighted by atomic mass is 9.97. The van der Waals surface area contributed by atoms with Gasteiger partial charge >= 0.3 is 0 Å². The zero-order chi connectivity index (χ0) is 13.4. The maximum absolute atomic E-state index is 11.9. The van der Waals surface area contributed by atoms with Crippen LogP contribution in [-0.2, 0) is 4.79 Å². The molecule has 0 bridgehead atoms.